The van der Waals surface area contributed by atoms with Gasteiger partial charge in [-0.1, -0.05) is 216 Å². The number of aryl methyl sites for hydroxylation is 1. The van der Waals surface area contributed by atoms with Crippen molar-refractivity contribution >= 4 is 104 Å². The molecule has 5 amide bonds. The summed E-state index contributed by atoms with van der Waals surface area (Å²) in [4.78, 5) is 94.7. The molecule has 23 heteroatoms. The Hall–Kier alpha value is -9.32. The van der Waals surface area contributed by atoms with Crippen LogP contribution in [0.1, 0.15) is 213 Å². The summed E-state index contributed by atoms with van der Waals surface area (Å²) in [5.41, 5.74) is 12.8. The van der Waals surface area contributed by atoms with Crippen molar-refractivity contribution in [1.29, 1.82) is 0 Å². The minimum Gasteiger partial charge on any atom is -0.508 e. The van der Waals surface area contributed by atoms with Gasteiger partial charge in [0, 0.05) is 154 Å². The Morgan fingerprint density at radius 1 is 0.417 bits per heavy atom. The lowest BCUT2D eigenvalue weighted by Crippen LogP contribution is -2.38. The number of carbonyl (C=O) groups is 5. The van der Waals surface area contributed by atoms with Gasteiger partial charge < -0.3 is 29.6 Å². The maximum atomic E-state index is 14.1. The summed E-state index contributed by atoms with van der Waals surface area (Å²) in [6, 6.07) is 34.4. The quantitative estimate of drug-likeness (QED) is 0.0454. The summed E-state index contributed by atoms with van der Waals surface area (Å²) in [6.07, 6.45) is 34.7. The van der Waals surface area contributed by atoms with Crippen LogP contribution in [0.4, 0.5) is 10.1 Å². The molecule has 2 N–H and O–H groups in total. The SMILES string of the molecule is CC1=NCC(C(=O)N(CCC2CCCC2)Cc2c(Cl)cccc2Cl)=C1.CC1=NCC(C(=O)N(CCC2CCCC2)Cc2ccc(O)cc2F)=C1.CC1=NCC(C(=O)N(Cc2ccccc2Cl)CC2CCC2)=C1.Cc1cc(C(=O)N(CCC2CCCCC2)Cc2ccccc2Cl)n[nH]1.[C-]#[N+]c1ccccc1CN(CC1CCC1)C(=O)C1=CC(C)=NC1. The van der Waals surface area contributed by atoms with E-state index in [1.165, 1.54) is 128 Å². The number of halogens is 5. The molecular formula is C97H117Cl4FN12O6. The van der Waals surface area contributed by atoms with Crippen LogP contribution >= 0.6 is 46.4 Å². The summed E-state index contributed by atoms with van der Waals surface area (Å²) < 4.78 is 14.1. The Morgan fingerprint density at radius 2 is 0.775 bits per heavy atom. The second kappa shape index (κ2) is 46.1. The van der Waals surface area contributed by atoms with Crippen LogP contribution < -0.4 is 0 Å². The zero-order valence-corrected chi connectivity index (χ0v) is 73.4. The molecular weight excluding hydrogens is 1590 g/mol. The molecule has 5 aromatic carbocycles. The summed E-state index contributed by atoms with van der Waals surface area (Å²) in [6.45, 7) is 24.7. The van der Waals surface area contributed by atoms with E-state index in [-0.39, 0.29) is 41.8 Å². The molecule has 0 radical (unpaired) electrons. The topological polar surface area (TPSA) is 204 Å². The number of phenolic OH excluding ortho intramolecular Hbond substituents is 1. The zero-order chi connectivity index (χ0) is 85.0. The van der Waals surface area contributed by atoms with E-state index in [0.29, 0.717) is 114 Å². The number of rotatable bonds is 28. The minimum absolute atomic E-state index is 0.0277. The van der Waals surface area contributed by atoms with E-state index in [1.807, 2.05) is 176 Å². The molecule has 0 saturated heterocycles. The number of aromatic amines is 1. The van der Waals surface area contributed by atoms with E-state index in [0.717, 1.165) is 136 Å². The van der Waals surface area contributed by atoms with E-state index in [4.69, 9.17) is 53.0 Å². The first-order valence-electron chi connectivity index (χ1n) is 43.2. The standard InChI is InChI=1S/C20H24Cl2N2O.C20H26ClN3O.C20H25FN2O2.C19H21N3O.C18H21ClN2O/c1-14-11-16(12-23-14)20(25)24(10-9-15-5-2-3-6-15)13-17-18(21)7-4-8-19(17)22;1-15-13-19(23-22-15)20(25)24(12-11-16-7-3-2-4-8-16)14-17-9-5-6-10-18(17)21;1-14-10-17(12-22-14)20(25)23(9-8-15-4-2-3-5-15)13-16-6-7-18(24)11-19(16)21;1-14-10-17(11-21-14)19(23)22(12-15-6-5-7-15)13-16-8-3-4-9-18(16)20-2;1-13-9-16(10-20-13)18(22)21(11-14-5-4-6-14)12-15-7-2-3-8-17(15)19/h4,7-8,11,15H,2-3,5-6,9-10,12-13H2,1H3;5-6,9-10,13,16H,2-4,7-8,11-12,14H2,1H3,(H,22,23);6-7,10-11,15,24H,2-5,8-9,12-13H2,1H3;3-4,8-10,15H,5-7,11-13H2,1H3;2-3,7-9,14H,4-6,10-12H2,1H3. The predicted molar refractivity (Wildman–Crippen MR) is 483 cm³/mol. The molecule has 5 aliphatic carbocycles. The molecule has 636 valence electrons. The number of aliphatic imine (C=N–C) groups is 4. The summed E-state index contributed by atoms with van der Waals surface area (Å²) in [5, 5.41) is 19.0. The Labute approximate surface area is 729 Å². The molecule has 0 bridgehead atoms. The molecule has 0 unspecified atom stereocenters. The minimum atomic E-state index is -0.480. The lowest BCUT2D eigenvalue weighted by Gasteiger charge is -2.33. The summed E-state index contributed by atoms with van der Waals surface area (Å²) in [5.74, 6) is 2.90. The van der Waals surface area contributed by atoms with Crippen LogP contribution in [0.25, 0.3) is 4.85 Å². The highest BCUT2D eigenvalue weighted by atomic mass is 35.5. The maximum Gasteiger partial charge on any atom is 0.274 e. The van der Waals surface area contributed by atoms with E-state index in [2.05, 4.69) is 35.0 Å². The molecule has 0 spiro atoms. The Bertz CT molecular complexity index is 4840. The number of benzene rings is 5. The van der Waals surface area contributed by atoms with Crippen LogP contribution in [0.5, 0.6) is 5.75 Å². The number of para-hydroxylation sites is 1. The number of hydrogen-bond donors (Lipinski definition) is 2. The first kappa shape index (κ1) is 91.4. The summed E-state index contributed by atoms with van der Waals surface area (Å²) >= 11 is 25.2. The van der Waals surface area contributed by atoms with Gasteiger partial charge in [-0.25, -0.2) is 9.24 Å². The molecule has 120 heavy (non-hydrogen) atoms. The van der Waals surface area contributed by atoms with E-state index < -0.39 is 5.82 Å². The fraction of sp³-hybridized carbons (Fsp3) is 0.474. The van der Waals surface area contributed by atoms with Gasteiger partial charge in [-0.2, -0.15) is 5.10 Å². The first-order chi connectivity index (χ1) is 58.0. The summed E-state index contributed by atoms with van der Waals surface area (Å²) in [7, 11) is 0. The van der Waals surface area contributed by atoms with Gasteiger partial charge in [0.05, 0.1) is 32.8 Å². The molecule has 0 atom stereocenters. The number of nitrogens with one attached hydrogen (secondary N) is 1. The highest BCUT2D eigenvalue weighted by Gasteiger charge is 2.32. The molecule has 1 aromatic heterocycles. The van der Waals surface area contributed by atoms with Crippen molar-refractivity contribution in [3.8, 4) is 5.75 Å². The van der Waals surface area contributed by atoms with Crippen LogP contribution in [-0.2, 0) is 51.9 Å². The van der Waals surface area contributed by atoms with Crippen molar-refractivity contribution in [1.82, 2.24) is 34.7 Å². The third-order valence-corrected chi connectivity index (χ3v) is 25.9. The van der Waals surface area contributed by atoms with Gasteiger partial charge >= 0.3 is 0 Å². The number of hydrogen-bond acceptors (Lipinski definition) is 11. The number of aromatic nitrogens is 2. The number of H-pyrrole nitrogens is 1. The van der Waals surface area contributed by atoms with Crippen LogP contribution in [-0.4, -0.2) is 151 Å². The normalized spacial score (nSPS) is 17.0. The number of carbonyl (C=O) groups excluding carboxylic acids is 5. The van der Waals surface area contributed by atoms with Crippen LogP contribution in [0.15, 0.2) is 182 Å². The van der Waals surface area contributed by atoms with Gasteiger partial charge in [-0.3, -0.25) is 49.0 Å². The lowest BCUT2D eigenvalue weighted by molar-refractivity contribution is -0.129. The predicted octanol–water partition coefficient (Wildman–Crippen LogP) is 21.8. The number of aromatic hydroxyl groups is 1. The first-order valence-corrected chi connectivity index (χ1v) is 44.7. The van der Waals surface area contributed by atoms with E-state index >= 15 is 0 Å². The number of allylic oxidation sites excluding steroid dienone is 4. The van der Waals surface area contributed by atoms with Crippen LogP contribution in [0, 0.1) is 48.9 Å². The molecule has 5 saturated carbocycles. The van der Waals surface area contributed by atoms with Crippen molar-refractivity contribution in [2.45, 2.75) is 209 Å². The number of amides is 5. The largest absolute Gasteiger partial charge is 0.508 e. The van der Waals surface area contributed by atoms with Crippen LogP contribution in [0.2, 0.25) is 20.1 Å². The maximum absolute atomic E-state index is 14.1. The molecule has 15 rings (SSSR count). The van der Waals surface area contributed by atoms with Gasteiger partial charge in [-0.15, -0.1) is 0 Å². The number of nitrogens with zero attached hydrogens (tertiary/aromatic N) is 11. The fourth-order valence-electron chi connectivity index (χ4n) is 16.9. The molecule has 5 heterocycles. The Balaban J connectivity index is 0.000000147. The molecule has 4 aliphatic heterocycles. The van der Waals surface area contributed by atoms with Crippen molar-refractivity contribution < 1.29 is 33.5 Å². The van der Waals surface area contributed by atoms with Gasteiger partial charge in [-0.05, 0) is 187 Å². The van der Waals surface area contributed by atoms with Gasteiger partial charge in [0.2, 0.25) is 0 Å². The Kier molecular flexibility index (Phi) is 35.1. The van der Waals surface area contributed by atoms with Gasteiger partial charge in [0.15, 0.2) is 5.69 Å². The van der Waals surface area contributed by atoms with E-state index in [9.17, 15) is 33.5 Å². The van der Waals surface area contributed by atoms with Crippen molar-refractivity contribution in [3.05, 3.63) is 238 Å². The fourth-order valence-corrected chi connectivity index (χ4v) is 17.8. The van der Waals surface area contributed by atoms with Crippen molar-refractivity contribution in [3.63, 3.8) is 0 Å². The third-order valence-electron chi connectivity index (χ3n) is 24.4. The average molecular weight is 1710 g/mol. The average Bonchev–Trinajstić information content (AvgIpc) is 1.67. The third kappa shape index (κ3) is 27.3. The monoisotopic (exact) mass is 1700 g/mol. The highest BCUT2D eigenvalue weighted by Crippen LogP contribution is 2.36. The molecule has 18 nitrogen and oxygen atoms in total. The lowest BCUT2D eigenvalue weighted by atomic mass is 9.85. The van der Waals surface area contributed by atoms with E-state index in [1.54, 1.807) is 11.0 Å². The van der Waals surface area contributed by atoms with Crippen molar-refractivity contribution in [2.24, 2.45) is 49.6 Å². The molecule has 6 aromatic rings. The second-order valence-corrected chi connectivity index (χ2v) is 35.3. The zero-order valence-electron chi connectivity index (χ0n) is 70.4. The Morgan fingerprint density at radius 3 is 1.16 bits per heavy atom. The number of phenols is 1. The molecule has 5 fully saturated rings. The van der Waals surface area contributed by atoms with Crippen molar-refractivity contribution in [2.75, 3.05) is 58.9 Å². The highest BCUT2D eigenvalue weighted by molar-refractivity contribution is 6.36. The van der Waals surface area contributed by atoms with Gasteiger partial charge in [0.25, 0.3) is 29.5 Å². The smallest absolute Gasteiger partial charge is 0.274 e. The second-order valence-electron chi connectivity index (χ2n) is 33.7. The van der Waals surface area contributed by atoms with Crippen LogP contribution in [0.3, 0.4) is 0 Å². The van der Waals surface area contributed by atoms with Gasteiger partial charge in [0.1, 0.15) is 17.3 Å². The molecule has 9 aliphatic rings.